The highest BCUT2D eigenvalue weighted by molar-refractivity contribution is 5.93. The number of aromatic nitrogens is 1. The molecule has 0 fully saturated rings. The van der Waals surface area contributed by atoms with E-state index in [4.69, 9.17) is 9.47 Å². The number of hydrogen-bond acceptors (Lipinski definition) is 5. The number of hydrazine groups is 1. The fourth-order valence-corrected chi connectivity index (χ4v) is 2.57. The average Bonchev–Trinajstić information content (AvgIpc) is 2.93. The number of nitrogens with zero attached hydrogens (tertiary/aromatic N) is 1. The fraction of sp³-hybridized carbons (Fsp3) is 0.278. The van der Waals surface area contributed by atoms with Gasteiger partial charge in [-0.3, -0.25) is 25.4 Å². The van der Waals surface area contributed by atoms with Crippen molar-refractivity contribution in [1.29, 1.82) is 0 Å². The minimum absolute atomic E-state index is 0.209. The number of carbonyl (C=O) groups excluding carboxylic acids is 2. The zero-order chi connectivity index (χ0) is 17.9. The van der Waals surface area contributed by atoms with E-state index in [0.29, 0.717) is 11.5 Å². The first kappa shape index (κ1) is 16.8. The third-order valence-corrected chi connectivity index (χ3v) is 3.63. The second-order valence-electron chi connectivity index (χ2n) is 6.29. The molecule has 0 atom stereocenters. The van der Waals surface area contributed by atoms with Gasteiger partial charge in [-0.25, -0.2) is 0 Å². The number of para-hydroxylation sites is 1. The molecule has 1 aromatic carbocycles. The van der Waals surface area contributed by atoms with Crippen LogP contribution >= 0.6 is 0 Å². The van der Waals surface area contributed by atoms with Gasteiger partial charge in [-0.2, -0.15) is 0 Å². The number of hydrogen-bond donors (Lipinski definition) is 2. The van der Waals surface area contributed by atoms with Crippen molar-refractivity contribution >= 4 is 11.8 Å². The standard InChI is InChI=1S/C18H19N3O4/c1-18(2)10-12-6-5-8-14(16(12)25-18)24-11-15(22)20-21-17(23)13-7-3-4-9-19-13/h3-9H,10-11H2,1-2H3,(H,20,22)(H,21,23). The average molecular weight is 341 g/mol. The van der Waals surface area contributed by atoms with Crippen LogP contribution in [0.4, 0.5) is 0 Å². The maximum absolute atomic E-state index is 11.9. The van der Waals surface area contributed by atoms with Gasteiger partial charge in [-0.05, 0) is 32.0 Å². The van der Waals surface area contributed by atoms with E-state index in [1.54, 1.807) is 24.3 Å². The Bertz CT molecular complexity index is 790. The van der Waals surface area contributed by atoms with Gasteiger partial charge in [0.15, 0.2) is 18.1 Å². The molecule has 0 saturated carbocycles. The maximum Gasteiger partial charge on any atom is 0.288 e. The van der Waals surface area contributed by atoms with Crippen molar-refractivity contribution in [2.45, 2.75) is 25.9 Å². The topological polar surface area (TPSA) is 89.6 Å². The lowest BCUT2D eigenvalue weighted by molar-refractivity contribution is -0.123. The summed E-state index contributed by atoms with van der Waals surface area (Å²) in [5.41, 5.74) is 5.54. The molecule has 7 heteroatoms. The van der Waals surface area contributed by atoms with Gasteiger partial charge in [0.1, 0.15) is 11.3 Å². The Labute approximate surface area is 145 Å². The fourth-order valence-electron chi connectivity index (χ4n) is 2.57. The van der Waals surface area contributed by atoms with Crippen molar-refractivity contribution in [3.63, 3.8) is 0 Å². The molecule has 0 aliphatic carbocycles. The highest BCUT2D eigenvalue weighted by Gasteiger charge is 2.32. The van der Waals surface area contributed by atoms with Crippen LogP contribution in [0, 0.1) is 0 Å². The van der Waals surface area contributed by atoms with Crippen molar-refractivity contribution < 1.29 is 19.1 Å². The Morgan fingerprint density at radius 1 is 1.20 bits per heavy atom. The summed E-state index contributed by atoms with van der Waals surface area (Å²) >= 11 is 0. The SMILES string of the molecule is CC1(C)Cc2cccc(OCC(=O)NNC(=O)c3ccccn3)c2O1. The van der Waals surface area contributed by atoms with E-state index in [1.165, 1.54) is 6.20 Å². The number of pyridine rings is 1. The molecule has 2 amide bonds. The Balaban J connectivity index is 1.52. The van der Waals surface area contributed by atoms with Crippen LogP contribution in [0.25, 0.3) is 0 Å². The molecule has 7 nitrogen and oxygen atoms in total. The lowest BCUT2D eigenvalue weighted by Gasteiger charge is -2.18. The number of benzene rings is 1. The zero-order valence-corrected chi connectivity index (χ0v) is 14.0. The number of carbonyl (C=O) groups is 2. The van der Waals surface area contributed by atoms with Gasteiger partial charge < -0.3 is 9.47 Å². The van der Waals surface area contributed by atoms with Crippen molar-refractivity contribution in [3.05, 3.63) is 53.9 Å². The highest BCUT2D eigenvalue weighted by Crippen LogP contribution is 2.41. The molecule has 1 aromatic heterocycles. The summed E-state index contributed by atoms with van der Waals surface area (Å²) in [6.45, 7) is 3.75. The quantitative estimate of drug-likeness (QED) is 0.825. The van der Waals surface area contributed by atoms with Crippen LogP contribution in [0.15, 0.2) is 42.6 Å². The van der Waals surface area contributed by atoms with Gasteiger partial charge in [0.05, 0.1) is 0 Å². The molecule has 0 saturated heterocycles. The van der Waals surface area contributed by atoms with E-state index in [9.17, 15) is 9.59 Å². The summed E-state index contributed by atoms with van der Waals surface area (Å²) in [7, 11) is 0. The van der Waals surface area contributed by atoms with E-state index in [-0.39, 0.29) is 17.9 Å². The smallest absolute Gasteiger partial charge is 0.288 e. The van der Waals surface area contributed by atoms with Crippen LogP contribution in [0.3, 0.4) is 0 Å². The third-order valence-electron chi connectivity index (χ3n) is 3.63. The van der Waals surface area contributed by atoms with Gasteiger partial charge in [-0.1, -0.05) is 18.2 Å². The summed E-state index contributed by atoms with van der Waals surface area (Å²) in [6.07, 6.45) is 2.28. The molecule has 130 valence electrons. The lowest BCUT2D eigenvalue weighted by atomic mass is 10.0. The van der Waals surface area contributed by atoms with Gasteiger partial charge in [-0.15, -0.1) is 0 Å². The molecule has 2 N–H and O–H groups in total. The molecule has 0 spiro atoms. The molecule has 0 bridgehead atoms. The molecule has 25 heavy (non-hydrogen) atoms. The van der Waals surface area contributed by atoms with Crippen LogP contribution in [0.5, 0.6) is 11.5 Å². The van der Waals surface area contributed by atoms with Gasteiger partial charge in [0, 0.05) is 18.2 Å². The minimum Gasteiger partial charge on any atom is -0.483 e. The van der Waals surface area contributed by atoms with Crippen LogP contribution in [-0.2, 0) is 11.2 Å². The van der Waals surface area contributed by atoms with Gasteiger partial charge >= 0.3 is 0 Å². The molecular formula is C18H19N3O4. The minimum atomic E-state index is -0.500. The first-order valence-corrected chi connectivity index (χ1v) is 7.88. The lowest BCUT2D eigenvalue weighted by Crippen LogP contribution is -2.44. The summed E-state index contributed by atoms with van der Waals surface area (Å²) < 4.78 is 11.4. The first-order chi connectivity index (χ1) is 11.9. The summed E-state index contributed by atoms with van der Waals surface area (Å²) in [4.78, 5) is 27.6. The van der Waals surface area contributed by atoms with Crippen LogP contribution in [0.2, 0.25) is 0 Å². The molecule has 0 radical (unpaired) electrons. The Kier molecular flexibility index (Phi) is 4.56. The number of fused-ring (bicyclic) bond motifs is 1. The van der Waals surface area contributed by atoms with Crippen molar-refractivity contribution in [1.82, 2.24) is 15.8 Å². The molecule has 3 rings (SSSR count). The Morgan fingerprint density at radius 3 is 2.80 bits per heavy atom. The third kappa shape index (κ3) is 4.06. The van der Waals surface area contributed by atoms with E-state index < -0.39 is 11.8 Å². The predicted molar refractivity (Wildman–Crippen MR) is 90.2 cm³/mol. The largest absolute Gasteiger partial charge is 0.483 e. The molecule has 2 heterocycles. The van der Waals surface area contributed by atoms with Crippen molar-refractivity contribution in [2.75, 3.05) is 6.61 Å². The number of ether oxygens (including phenoxy) is 2. The first-order valence-electron chi connectivity index (χ1n) is 7.88. The summed E-state index contributed by atoms with van der Waals surface area (Å²) in [6, 6.07) is 10.5. The van der Waals surface area contributed by atoms with Crippen molar-refractivity contribution in [2.24, 2.45) is 0 Å². The molecule has 2 aromatic rings. The number of rotatable bonds is 4. The highest BCUT2D eigenvalue weighted by atomic mass is 16.5. The molecule has 0 unspecified atom stereocenters. The normalized spacial score (nSPS) is 14.2. The van der Waals surface area contributed by atoms with E-state index in [1.807, 2.05) is 26.0 Å². The second kappa shape index (κ2) is 6.80. The number of amides is 2. The van der Waals surface area contributed by atoms with Crippen LogP contribution < -0.4 is 20.3 Å². The molecule has 1 aliphatic rings. The van der Waals surface area contributed by atoms with E-state index in [0.717, 1.165) is 12.0 Å². The Hall–Kier alpha value is -3.09. The zero-order valence-electron chi connectivity index (χ0n) is 14.0. The monoisotopic (exact) mass is 341 g/mol. The molecule has 1 aliphatic heterocycles. The number of nitrogens with one attached hydrogen (secondary N) is 2. The van der Waals surface area contributed by atoms with Crippen LogP contribution in [0.1, 0.15) is 29.9 Å². The van der Waals surface area contributed by atoms with E-state index in [2.05, 4.69) is 15.8 Å². The van der Waals surface area contributed by atoms with Crippen molar-refractivity contribution in [3.8, 4) is 11.5 Å². The van der Waals surface area contributed by atoms with Gasteiger partial charge in [0.2, 0.25) is 0 Å². The summed E-state index contributed by atoms with van der Waals surface area (Å²) in [5, 5.41) is 0. The molecular weight excluding hydrogens is 322 g/mol. The van der Waals surface area contributed by atoms with Crippen LogP contribution in [-0.4, -0.2) is 29.0 Å². The predicted octanol–water partition coefficient (Wildman–Crippen LogP) is 1.64. The Morgan fingerprint density at radius 2 is 2.04 bits per heavy atom. The maximum atomic E-state index is 11.9. The van der Waals surface area contributed by atoms with E-state index >= 15 is 0 Å². The second-order valence-corrected chi connectivity index (χ2v) is 6.29. The van der Waals surface area contributed by atoms with Gasteiger partial charge in [0.25, 0.3) is 11.8 Å². The summed E-state index contributed by atoms with van der Waals surface area (Å²) in [5.74, 6) is 0.186.